The summed E-state index contributed by atoms with van der Waals surface area (Å²) in [6.45, 7) is 2.99. The summed E-state index contributed by atoms with van der Waals surface area (Å²) in [6, 6.07) is 8.62. The van der Waals surface area contributed by atoms with Crippen molar-refractivity contribution in [3.8, 4) is 0 Å². The molecule has 1 aliphatic heterocycles. The van der Waals surface area contributed by atoms with Crippen LogP contribution >= 0.6 is 0 Å². The number of benzene rings is 1. The first-order chi connectivity index (χ1) is 9.38. The molecule has 4 rings (SSSR count). The third kappa shape index (κ3) is 1.87. The number of fused-ring (bicyclic) bond motifs is 1. The Morgan fingerprint density at radius 1 is 1.26 bits per heavy atom. The van der Waals surface area contributed by atoms with E-state index in [1.807, 2.05) is 43.0 Å². The Labute approximate surface area is 110 Å². The van der Waals surface area contributed by atoms with E-state index in [1.165, 1.54) is 0 Å². The van der Waals surface area contributed by atoms with Gasteiger partial charge in [0.15, 0.2) is 5.58 Å². The Hall–Kier alpha value is -2.30. The number of aromatic nitrogens is 3. The summed E-state index contributed by atoms with van der Waals surface area (Å²) in [7, 11) is 0. The lowest BCUT2D eigenvalue weighted by Crippen LogP contribution is -2.48. The number of rotatable bonds is 3. The lowest BCUT2D eigenvalue weighted by atomic mass is 10.0. The maximum Gasteiger partial charge on any atom is 0.298 e. The van der Waals surface area contributed by atoms with Gasteiger partial charge in [0.25, 0.3) is 6.01 Å². The fraction of sp³-hybridized carbons (Fsp3) is 0.286. The molecule has 3 heterocycles. The van der Waals surface area contributed by atoms with Gasteiger partial charge in [0.05, 0.1) is 6.33 Å². The fourth-order valence-electron chi connectivity index (χ4n) is 2.53. The highest BCUT2D eigenvalue weighted by Crippen LogP contribution is 2.28. The van der Waals surface area contributed by atoms with Crippen molar-refractivity contribution in [1.29, 1.82) is 0 Å². The lowest BCUT2D eigenvalue weighted by Gasteiger charge is -2.38. The van der Waals surface area contributed by atoms with E-state index in [-0.39, 0.29) is 0 Å². The normalized spacial score (nSPS) is 15.9. The van der Waals surface area contributed by atoms with Crippen LogP contribution in [-0.2, 0) is 6.54 Å². The molecule has 0 unspecified atom stereocenters. The van der Waals surface area contributed by atoms with Crippen molar-refractivity contribution in [2.75, 3.05) is 18.0 Å². The third-order valence-corrected chi connectivity index (χ3v) is 3.54. The Morgan fingerprint density at radius 2 is 2.16 bits per heavy atom. The van der Waals surface area contributed by atoms with Crippen LogP contribution in [0.5, 0.6) is 0 Å². The van der Waals surface area contributed by atoms with Crippen LogP contribution < -0.4 is 4.90 Å². The lowest BCUT2D eigenvalue weighted by molar-refractivity contribution is 0.337. The highest BCUT2D eigenvalue weighted by atomic mass is 16.4. The van der Waals surface area contributed by atoms with Crippen LogP contribution in [0, 0.1) is 5.92 Å². The third-order valence-electron chi connectivity index (χ3n) is 3.54. The quantitative estimate of drug-likeness (QED) is 0.718. The molecule has 19 heavy (non-hydrogen) atoms. The SMILES string of the molecule is c1ccc2oc(N3CC(Cn4ccnc4)C3)nc2c1. The molecule has 96 valence electrons. The molecule has 1 aromatic carbocycles. The number of para-hydroxylation sites is 2. The monoisotopic (exact) mass is 254 g/mol. The van der Waals surface area contributed by atoms with Crippen LogP contribution in [0.15, 0.2) is 47.4 Å². The minimum Gasteiger partial charge on any atom is -0.423 e. The topological polar surface area (TPSA) is 47.1 Å². The van der Waals surface area contributed by atoms with E-state index in [0.29, 0.717) is 5.92 Å². The molecule has 1 aliphatic rings. The number of hydrogen-bond acceptors (Lipinski definition) is 4. The maximum absolute atomic E-state index is 5.75. The van der Waals surface area contributed by atoms with E-state index in [1.54, 1.807) is 0 Å². The molecule has 1 saturated heterocycles. The van der Waals surface area contributed by atoms with Gasteiger partial charge >= 0.3 is 0 Å². The van der Waals surface area contributed by atoms with E-state index < -0.39 is 0 Å². The van der Waals surface area contributed by atoms with Gasteiger partial charge in [0.1, 0.15) is 5.52 Å². The molecular weight excluding hydrogens is 240 g/mol. The minimum absolute atomic E-state index is 0.643. The second-order valence-corrected chi connectivity index (χ2v) is 4.99. The summed E-state index contributed by atoms with van der Waals surface area (Å²) in [5.74, 6) is 0.643. The van der Waals surface area contributed by atoms with Crippen molar-refractivity contribution < 1.29 is 4.42 Å². The zero-order chi connectivity index (χ0) is 12.7. The fourth-order valence-corrected chi connectivity index (χ4v) is 2.53. The van der Waals surface area contributed by atoms with Gasteiger partial charge in [-0.15, -0.1) is 0 Å². The van der Waals surface area contributed by atoms with Crippen LogP contribution in [0.3, 0.4) is 0 Å². The van der Waals surface area contributed by atoms with Gasteiger partial charge in [-0.05, 0) is 12.1 Å². The molecule has 0 aliphatic carbocycles. The first-order valence-electron chi connectivity index (χ1n) is 6.45. The standard InChI is InChI=1S/C14H14N4O/c1-2-4-13-12(3-1)16-14(19-13)18-8-11(9-18)7-17-6-5-15-10-17/h1-6,10-11H,7-9H2. The Balaban J connectivity index is 1.45. The summed E-state index contributed by atoms with van der Waals surface area (Å²) in [5.41, 5.74) is 1.78. The molecule has 2 aromatic heterocycles. The highest BCUT2D eigenvalue weighted by molar-refractivity contribution is 5.74. The first-order valence-corrected chi connectivity index (χ1v) is 6.45. The van der Waals surface area contributed by atoms with E-state index in [4.69, 9.17) is 4.42 Å². The van der Waals surface area contributed by atoms with Crippen LogP contribution in [-0.4, -0.2) is 27.6 Å². The van der Waals surface area contributed by atoms with Crippen molar-refractivity contribution in [2.24, 2.45) is 5.92 Å². The van der Waals surface area contributed by atoms with Gasteiger partial charge in [0.2, 0.25) is 0 Å². The average Bonchev–Trinajstić information content (AvgIpc) is 3.01. The molecule has 0 radical (unpaired) electrons. The van der Waals surface area contributed by atoms with Crippen LogP contribution in [0.1, 0.15) is 0 Å². The van der Waals surface area contributed by atoms with Gasteiger partial charge in [-0.25, -0.2) is 4.98 Å². The molecule has 0 atom stereocenters. The van der Waals surface area contributed by atoms with Crippen LogP contribution in [0.25, 0.3) is 11.1 Å². The molecule has 0 N–H and O–H groups in total. The van der Waals surface area contributed by atoms with E-state index >= 15 is 0 Å². The molecule has 0 spiro atoms. The zero-order valence-corrected chi connectivity index (χ0v) is 10.4. The molecule has 5 nitrogen and oxygen atoms in total. The van der Waals surface area contributed by atoms with Crippen molar-refractivity contribution in [3.05, 3.63) is 43.0 Å². The summed E-state index contributed by atoms with van der Waals surface area (Å²) in [4.78, 5) is 10.7. The number of nitrogens with zero attached hydrogens (tertiary/aromatic N) is 4. The Kier molecular flexibility index (Phi) is 2.30. The summed E-state index contributed by atoms with van der Waals surface area (Å²) in [5, 5.41) is 0. The Morgan fingerprint density at radius 3 is 2.95 bits per heavy atom. The summed E-state index contributed by atoms with van der Waals surface area (Å²) >= 11 is 0. The predicted octanol–water partition coefficient (Wildman–Crippen LogP) is 2.16. The molecular formula is C14H14N4O. The van der Waals surface area contributed by atoms with Gasteiger partial charge < -0.3 is 13.9 Å². The molecule has 3 aromatic rings. The van der Waals surface area contributed by atoms with Crippen molar-refractivity contribution >= 4 is 17.1 Å². The van der Waals surface area contributed by atoms with Crippen LogP contribution in [0.2, 0.25) is 0 Å². The minimum atomic E-state index is 0.643. The first kappa shape index (κ1) is 10.6. The number of oxazole rings is 1. The molecule has 0 saturated carbocycles. The number of hydrogen-bond donors (Lipinski definition) is 0. The van der Waals surface area contributed by atoms with Gasteiger partial charge in [0, 0.05) is 37.9 Å². The number of imidazole rings is 1. The van der Waals surface area contributed by atoms with E-state index in [9.17, 15) is 0 Å². The number of anilines is 1. The van der Waals surface area contributed by atoms with E-state index in [0.717, 1.165) is 36.7 Å². The van der Waals surface area contributed by atoms with Crippen LogP contribution in [0.4, 0.5) is 6.01 Å². The average molecular weight is 254 g/mol. The predicted molar refractivity (Wildman–Crippen MR) is 71.9 cm³/mol. The molecule has 5 heteroatoms. The highest BCUT2D eigenvalue weighted by Gasteiger charge is 2.30. The van der Waals surface area contributed by atoms with E-state index in [2.05, 4.69) is 19.4 Å². The molecule has 0 bridgehead atoms. The molecule has 1 fully saturated rings. The van der Waals surface area contributed by atoms with Gasteiger partial charge in [-0.3, -0.25) is 0 Å². The van der Waals surface area contributed by atoms with Crippen molar-refractivity contribution in [2.45, 2.75) is 6.54 Å². The van der Waals surface area contributed by atoms with Gasteiger partial charge in [-0.1, -0.05) is 12.1 Å². The smallest absolute Gasteiger partial charge is 0.298 e. The van der Waals surface area contributed by atoms with Crippen molar-refractivity contribution in [3.63, 3.8) is 0 Å². The Bertz CT molecular complexity index is 649. The van der Waals surface area contributed by atoms with Gasteiger partial charge in [-0.2, -0.15) is 4.98 Å². The molecule has 0 amide bonds. The summed E-state index contributed by atoms with van der Waals surface area (Å²) in [6.07, 6.45) is 5.68. The maximum atomic E-state index is 5.75. The zero-order valence-electron chi connectivity index (χ0n) is 10.4. The summed E-state index contributed by atoms with van der Waals surface area (Å²) < 4.78 is 7.87. The second kappa shape index (κ2) is 4.12. The van der Waals surface area contributed by atoms with Crippen molar-refractivity contribution in [1.82, 2.24) is 14.5 Å². The largest absolute Gasteiger partial charge is 0.423 e. The second-order valence-electron chi connectivity index (χ2n) is 4.99.